The Labute approximate surface area is 71.1 Å². The second kappa shape index (κ2) is 2.91. The highest BCUT2D eigenvalue weighted by atomic mass is 79.9. The number of alkyl halides is 1. The average molecular weight is 201 g/mol. The summed E-state index contributed by atoms with van der Waals surface area (Å²) in [5, 5.41) is 0. The maximum atomic E-state index is 3.63. The molecule has 0 radical (unpaired) electrons. The Balaban J connectivity index is 2.43. The maximum Gasteiger partial charge on any atom is 0.0441 e. The molecule has 56 valence electrons. The van der Waals surface area contributed by atoms with Crippen molar-refractivity contribution in [2.45, 2.75) is 31.0 Å². The van der Waals surface area contributed by atoms with E-state index in [1.54, 1.807) is 0 Å². The molecule has 1 fully saturated rings. The zero-order valence-electron chi connectivity index (χ0n) is 6.52. The summed E-state index contributed by atoms with van der Waals surface area (Å²) >= 11 is 3.63. The first-order valence-electron chi connectivity index (χ1n) is 3.67. The molecule has 1 rings (SSSR count). The highest BCUT2D eigenvalue weighted by Gasteiger charge is 2.36. The Morgan fingerprint density at radius 1 is 1.50 bits per heavy atom. The molecule has 0 heterocycles. The fourth-order valence-corrected chi connectivity index (χ4v) is 0.994. The van der Waals surface area contributed by atoms with Crippen LogP contribution in [0.1, 0.15) is 26.7 Å². The molecule has 0 aromatic rings. The molecule has 0 nitrogen and oxygen atoms in total. The van der Waals surface area contributed by atoms with Crippen molar-refractivity contribution in [1.29, 1.82) is 0 Å². The van der Waals surface area contributed by atoms with Crippen molar-refractivity contribution in [2.24, 2.45) is 0 Å². The Morgan fingerprint density at radius 3 is 2.50 bits per heavy atom. The van der Waals surface area contributed by atoms with Crippen LogP contribution in [-0.4, -0.2) is 4.32 Å². The Morgan fingerprint density at radius 2 is 2.10 bits per heavy atom. The first-order valence-corrected chi connectivity index (χ1v) is 4.47. The van der Waals surface area contributed by atoms with Gasteiger partial charge in [0.05, 0.1) is 0 Å². The molecule has 1 saturated carbocycles. The predicted octanol–water partition coefficient (Wildman–Crippen LogP) is 3.44. The van der Waals surface area contributed by atoms with Gasteiger partial charge >= 0.3 is 0 Å². The van der Waals surface area contributed by atoms with Gasteiger partial charge in [0.2, 0.25) is 0 Å². The van der Waals surface area contributed by atoms with E-state index < -0.39 is 0 Å². The molecule has 1 aliphatic carbocycles. The quantitative estimate of drug-likeness (QED) is 0.474. The van der Waals surface area contributed by atoms with Gasteiger partial charge in [-0.25, -0.2) is 0 Å². The third-order valence-corrected chi connectivity index (χ3v) is 2.89. The minimum absolute atomic E-state index is 0.372. The van der Waals surface area contributed by atoms with Crippen LogP contribution in [0.3, 0.4) is 0 Å². The molecule has 10 heavy (non-hydrogen) atoms. The molecule has 0 bridgehead atoms. The highest BCUT2D eigenvalue weighted by Crippen LogP contribution is 2.45. The van der Waals surface area contributed by atoms with Crippen molar-refractivity contribution in [3.8, 4) is 0 Å². The van der Waals surface area contributed by atoms with E-state index in [4.69, 9.17) is 0 Å². The molecule has 0 N–H and O–H groups in total. The molecule has 0 spiro atoms. The van der Waals surface area contributed by atoms with Gasteiger partial charge in [0, 0.05) is 4.32 Å². The molecule has 1 heteroatoms. The number of rotatable bonds is 2. The van der Waals surface area contributed by atoms with Crippen LogP contribution in [0.5, 0.6) is 0 Å². The Hall–Kier alpha value is -0.0400. The highest BCUT2D eigenvalue weighted by molar-refractivity contribution is 9.10. The van der Waals surface area contributed by atoms with Gasteiger partial charge in [0.15, 0.2) is 0 Å². The zero-order valence-corrected chi connectivity index (χ0v) is 8.11. The van der Waals surface area contributed by atoms with Crippen LogP contribution in [0.2, 0.25) is 0 Å². The summed E-state index contributed by atoms with van der Waals surface area (Å²) in [6.07, 6.45) is 9.14. The Bertz CT molecular complexity index is 173. The van der Waals surface area contributed by atoms with Crippen molar-refractivity contribution < 1.29 is 0 Å². The minimum atomic E-state index is 0.372. The lowest BCUT2D eigenvalue weighted by molar-refractivity contribution is 1.22. The third-order valence-electron chi connectivity index (χ3n) is 1.83. The average Bonchev–Trinajstić information content (AvgIpc) is 2.64. The van der Waals surface area contributed by atoms with Gasteiger partial charge in [-0.1, -0.05) is 39.7 Å². The summed E-state index contributed by atoms with van der Waals surface area (Å²) in [4.78, 5) is 0. The van der Waals surface area contributed by atoms with Crippen LogP contribution in [0.15, 0.2) is 23.8 Å². The van der Waals surface area contributed by atoms with E-state index in [1.165, 1.54) is 18.4 Å². The molecule has 1 aliphatic rings. The minimum Gasteiger partial charge on any atom is -0.0847 e. The van der Waals surface area contributed by atoms with Gasteiger partial charge in [0.25, 0.3) is 0 Å². The number of halogens is 1. The first kappa shape index (κ1) is 8.06. The maximum absolute atomic E-state index is 3.63. The summed E-state index contributed by atoms with van der Waals surface area (Å²) in [5.74, 6) is 0. The molecule has 0 aromatic heterocycles. The zero-order chi connectivity index (χ0) is 7.61. The fourth-order valence-electron chi connectivity index (χ4n) is 0.663. The van der Waals surface area contributed by atoms with Crippen molar-refractivity contribution in [3.63, 3.8) is 0 Å². The van der Waals surface area contributed by atoms with E-state index in [0.29, 0.717) is 4.32 Å². The van der Waals surface area contributed by atoms with Crippen LogP contribution in [-0.2, 0) is 0 Å². The summed E-state index contributed by atoms with van der Waals surface area (Å²) in [6.45, 7) is 4.18. The van der Waals surface area contributed by atoms with Crippen LogP contribution < -0.4 is 0 Å². The third kappa shape index (κ3) is 2.30. The van der Waals surface area contributed by atoms with E-state index in [9.17, 15) is 0 Å². The van der Waals surface area contributed by atoms with E-state index in [2.05, 4.69) is 48.0 Å². The SMILES string of the molecule is CC=C(C)C=CC1(Br)CC1. The molecule has 0 aliphatic heterocycles. The van der Waals surface area contributed by atoms with Crippen LogP contribution in [0.4, 0.5) is 0 Å². The van der Waals surface area contributed by atoms with Gasteiger partial charge in [-0.05, 0) is 26.7 Å². The largest absolute Gasteiger partial charge is 0.0847 e. The summed E-state index contributed by atoms with van der Waals surface area (Å²) in [6, 6.07) is 0. The molecule has 0 unspecified atom stereocenters. The van der Waals surface area contributed by atoms with Crippen molar-refractivity contribution in [3.05, 3.63) is 23.8 Å². The summed E-state index contributed by atoms with van der Waals surface area (Å²) in [7, 11) is 0. The summed E-state index contributed by atoms with van der Waals surface area (Å²) < 4.78 is 0.372. The second-order valence-electron chi connectivity index (χ2n) is 2.90. The lowest BCUT2D eigenvalue weighted by Gasteiger charge is -1.94. The second-order valence-corrected chi connectivity index (χ2v) is 4.48. The molecule has 0 aromatic carbocycles. The van der Waals surface area contributed by atoms with E-state index in [-0.39, 0.29) is 0 Å². The van der Waals surface area contributed by atoms with Crippen molar-refractivity contribution >= 4 is 15.9 Å². The molecular formula is C9H13Br. The van der Waals surface area contributed by atoms with E-state index in [1.807, 2.05) is 0 Å². The normalized spacial score (nSPS) is 23.7. The monoisotopic (exact) mass is 200 g/mol. The fraction of sp³-hybridized carbons (Fsp3) is 0.556. The van der Waals surface area contributed by atoms with Gasteiger partial charge < -0.3 is 0 Å². The van der Waals surface area contributed by atoms with Crippen molar-refractivity contribution in [2.75, 3.05) is 0 Å². The van der Waals surface area contributed by atoms with Gasteiger partial charge in [-0.3, -0.25) is 0 Å². The smallest absolute Gasteiger partial charge is 0.0441 e. The number of allylic oxidation sites excluding steroid dienone is 4. The van der Waals surface area contributed by atoms with E-state index >= 15 is 0 Å². The van der Waals surface area contributed by atoms with Gasteiger partial charge in [0.1, 0.15) is 0 Å². The predicted molar refractivity (Wildman–Crippen MR) is 49.5 cm³/mol. The standard InChI is InChI=1S/C9H13Br/c1-3-8(2)4-5-9(10)6-7-9/h3-5H,6-7H2,1-2H3. The lowest BCUT2D eigenvalue weighted by Crippen LogP contribution is -1.86. The number of hydrogen-bond donors (Lipinski definition) is 0. The lowest BCUT2D eigenvalue weighted by atomic mass is 10.2. The van der Waals surface area contributed by atoms with Gasteiger partial charge in [-0.15, -0.1) is 0 Å². The number of hydrogen-bond acceptors (Lipinski definition) is 0. The van der Waals surface area contributed by atoms with Crippen LogP contribution in [0.25, 0.3) is 0 Å². The van der Waals surface area contributed by atoms with Gasteiger partial charge in [-0.2, -0.15) is 0 Å². The summed E-state index contributed by atoms with van der Waals surface area (Å²) in [5.41, 5.74) is 1.34. The molecule has 0 amide bonds. The van der Waals surface area contributed by atoms with E-state index in [0.717, 1.165) is 0 Å². The molecular weight excluding hydrogens is 188 g/mol. The van der Waals surface area contributed by atoms with Crippen molar-refractivity contribution in [1.82, 2.24) is 0 Å². The topological polar surface area (TPSA) is 0 Å². The molecule has 0 saturated heterocycles. The Kier molecular flexibility index (Phi) is 2.35. The first-order chi connectivity index (χ1) is 4.66. The van der Waals surface area contributed by atoms with Crippen LogP contribution >= 0.6 is 15.9 Å². The molecule has 0 atom stereocenters. The van der Waals surface area contributed by atoms with Crippen LogP contribution in [0, 0.1) is 0 Å².